The van der Waals surface area contributed by atoms with Crippen LogP contribution >= 0.6 is 0 Å². The van der Waals surface area contributed by atoms with Crippen LogP contribution in [0.4, 0.5) is 8.78 Å². The van der Waals surface area contributed by atoms with Crippen LogP contribution < -0.4 is 10.6 Å². The number of rotatable bonds is 7. The molecule has 2 rings (SSSR count). The zero-order valence-electron chi connectivity index (χ0n) is 15.1. The Bertz CT molecular complexity index is 733. The lowest BCUT2D eigenvalue weighted by Crippen LogP contribution is -2.39. The second kappa shape index (κ2) is 9.29. The van der Waals surface area contributed by atoms with Gasteiger partial charge in [0.2, 0.25) is 0 Å². The molecule has 1 unspecified atom stereocenters. The molecule has 1 atom stereocenters. The van der Waals surface area contributed by atoms with E-state index in [-0.39, 0.29) is 6.54 Å². The van der Waals surface area contributed by atoms with Crippen LogP contribution in [0, 0.1) is 11.6 Å². The predicted octanol–water partition coefficient (Wildman–Crippen LogP) is 2.97. The average Bonchev–Trinajstić information content (AvgIpc) is 2.62. The molecule has 0 saturated heterocycles. The summed E-state index contributed by atoms with van der Waals surface area (Å²) in [4.78, 5) is 4.42. The van der Waals surface area contributed by atoms with Gasteiger partial charge in [-0.25, -0.2) is 13.8 Å². The summed E-state index contributed by atoms with van der Waals surface area (Å²) in [6.07, 6.45) is 0.394. The van der Waals surface area contributed by atoms with Crippen molar-refractivity contribution in [2.24, 2.45) is 4.99 Å². The first kappa shape index (κ1) is 19.8. The average molecular weight is 361 g/mol. The van der Waals surface area contributed by atoms with Crippen molar-refractivity contribution >= 4 is 5.96 Å². The third-order valence-corrected chi connectivity index (χ3v) is 3.99. The summed E-state index contributed by atoms with van der Waals surface area (Å²) in [5.74, 6) is -0.607. The highest BCUT2D eigenvalue weighted by Crippen LogP contribution is 2.20. The Hall–Kier alpha value is -2.47. The van der Waals surface area contributed by atoms with Gasteiger partial charge in [-0.15, -0.1) is 0 Å². The maximum atomic E-state index is 13.7. The number of halogens is 2. The molecule has 26 heavy (non-hydrogen) atoms. The number of hydrogen-bond acceptors (Lipinski definition) is 2. The van der Waals surface area contributed by atoms with Crippen molar-refractivity contribution in [3.63, 3.8) is 0 Å². The number of benzene rings is 2. The number of aliphatic hydroxyl groups is 1. The first-order valence-electron chi connectivity index (χ1n) is 8.66. The summed E-state index contributed by atoms with van der Waals surface area (Å²) in [5.41, 5.74) is 0.131. The van der Waals surface area contributed by atoms with Gasteiger partial charge in [0.1, 0.15) is 17.2 Å². The molecule has 0 aromatic heterocycles. The van der Waals surface area contributed by atoms with Crippen molar-refractivity contribution in [1.29, 1.82) is 0 Å². The van der Waals surface area contributed by atoms with Crippen molar-refractivity contribution in [1.82, 2.24) is 10.6 Å². The Balaban J connectivity index is 1.96. The SMILES string of the molecule is CCNC(=NCC(C)(O)c1ccccc1)NCCc1ccc(F)cc1F. The number of aliphatic imine (C=N–C) groups is 1. The van der Waals surface area contributed by atoms with E-state index in [9.17, 15) is 13.9 Å². The molecule has 0 spiro atoms. The molecule has 0 heterocycles. The molecular formula is C20H25F2N3O. The highest BCUT2D eigenvalue weighted by atomic mass is 19.1. The van der Waals surface area contributed by atoms with Gasteiger partial charge in [-0.2, -0.15) is 0 Å². The van der Waals surface area contributed by atoms with E-state index < -0.39 is 17.2 Å². The maximum absolute atomic E-state index is 13.7. The number of nitrogens with one attached hydrogen (secondary N) is 2. The van der Waals surface area contributed by atoms with Gasteiger partial charge in [0.05, 0.1) is 6.54 Å². The normalized spacial score (nSPS) is 14.0. The zero-order valence-corrected chi connectivity index (χ0v) is 15.1. The molecule has 0 radical (unpaired) electrons. The molecular weight excluding hydrogens is 336 g/mol. The number of hydrogen-bond donors (Lipinski definition) is 3. The van der Waals surface area contributed by atoms with Crippen molar-refractivity contribution < 1.29 is 13.9 Å². The van der Waals surface area contributed by atoms with Gasteiger partial charge in [-0.05, 0) is 37.5 Å². The Labute approximate surface area is 153 Å². The Morgan fingerprint density at radius 3 is 2.50 bits per heavy atom. The summed E-state index contributed by atoms with van der Waals surface area (Å²) in [5, 5.41) is 16.8. The van der Waals surface area contributed by atoms with E-state index in [4.69, 9.17) is 0 Å². The molecule has 140 valence electrons. The predicted molar refractivity (Wildman–Crippen MR) is 100 cm³/mol. The topological polar surface area (TPSA) is 56.7 Å². The minimum Gasteiger partial charge on any atom is -0.384 e. The van der Waals surface area contributed by atoms with Crippen molar-refractivity contribution in [3.8, 4) is 0 Å². The Kier molecular flexibility index (Phi) is 7.09. The molecule has 0 aliphatic rings. The smallest absolute Gasteiger partial charge is 0.191 e. The molecule has 0 aliphatic carbocycles. The number of guanidine groups is 1. The van der Waals surface area contributed by atoms with Crippen LogP contribution in [0.5, 0.6) is 0 Å². The van der Waals surface area contributed by atoms with Crippen LogP contribution in [0.1, 0.15) is 25.0 Å². The second-order valence-corrected chi connectivity index (χ2v) is 6.25. The molecule has 0 aliphatic heterocycles. The molecule has 4 nitrogen and oxygen atoms in total. The largest absolute Gasteiger partial charge is 0.384 e. The molecule has 0 fully saturated rings. The Morgan fingerprint density at radius 2 is 1.85 bits per heavy atom. The van der Waals surface area contributed by atoms with Crippen LogP contribution in [-0.4, -0.2) is 30.7 Å². The van der Waals surface area contributed by atoms with Crippen LogP contribution in [0.25, 0.3) is 0 Å². The van der Waals surface area contributed by atoms with E-state index in [0.717, 1.165) is 11.6 Å². The van der Waals surface area contributed by atoms with E-state index in [1.54, 1.807) is 6.92 Å². The van der Waals surface area contributed by atoms with Crippen LogP contribution in [0.15, 0.2) is 53.5 Å². The van der Waals surface area contributed by atoms with E-state index in [2.05, 4.69) is 15.6 Å². The first-order chi connectivity index (χ1) is 12.4. The fraction of sp³-hybridized carbons (Fsp3) is 0.350. The van der Waals surface area contributed by atoms with E-state index >= 15 is 0 Å². The van der Waals surface area contributed by atoms with E-state index in [0.29, 0.717) is 31.0 Å². The highest BCUT2D eigenvalue weighted by molar-refractivity contribution is 5.79. The zero-order chi connectivity index (χ0) is 19.0. The summed E-state index contributed by atoms with van der Waals surface area (Å²) < 4.78 is 26.6. The molecule has 0 amide bonds. The van der Waals surface area contributed by atoms with Gasteiger partial charge in [-0.3, -0.25) is 0 Å². The lowest BCUT2D eigenvalue weighted by molar-refractivity contribution is 0.0672. The fourth-order valence-corrected chi connectivity index (χ4v) is 2.50. The van der Waals surface area contributed by atoms with Gasteiger partial charge in [0, 0.05) is 19.2 Å². The van der Waals surface area contributed by atoms with Crippen LogP contribution in [0.2, 0.25) is 0 Å². The van der Waals surface area contributed by atoms with Gasteiger partial charge in [-0.1, -0.05) is 36.4 Å². The van der Waals surface area contributed by atoms with E-state index in [1.807, 2.05) is 37.3 Å². The first-order valence-corrected chi connectivity index (χ1v) is 8.66. The lowest BCUT2D eigenvalue weighted by Gasteiger charge is -2.22. The number of nitrogens with zero attached hydrogens (tertiary/aromatic N) is 1. The van der Waals surface area contributed by atoms with Crippen molar-refractivity contribution in [2.75, 3.05) is 19.6 Å². The minimum absolute atomic E-state index is 0.178. The van der Waals surface area contributed by atoms with Gasteiger partial charge >= 0.3 is 0 Å². The fourth-order valence-electron chi connectivity index (χ4n) is 2.50. The molecule has 2 aromatic rings. The quantitative estimate of drug-likeness (QED) is 0.525. The summed E-state index contributed by atoms with van der Waals surface area (Å²) >= 11 is 0. The van der Waals surface area contributed by atoms with Gasteiger partial charge < -0.3 is 15.7 Å². The highest BCUT2D eigenvalue weighted by Gasteiger charge is 2.22. The standard InChI is InChI=1S/C20H25F2N3O/c1-3-23-19(24-12-11-15-9-10-17(21)13-18(15)22)25-14-20(2,26)16-7-5-4-6-8-16/h4-10,13,26H,3,11-12,14H2,1-2H3,(H2,23,24,25). The molecule has 0 bridgehead atoms. The third-order valence-electron chi connectivity index (χ3n) is 3.99. The molecule has 6 heteroatoms. The molecule has 0 saturated carbocycles. The van der Waals surface area contributed by atoms with E-state index in [1.165, 1.54) is 12.1 Å². The summed E-state index contributed by atoms with van der Waals surface area (Å²) in [6.45, 7) is 4.92. The third kappa shape index (κ3) is 5.81. The molecule has 2 aromatic carbocycles. The summed E-state index contributed by atoms with van der Waals surface area (Å²) in [7, 11) is 0. The van der Waals surface area contributed by atoms with Gasteiger partial charge in [0.15, 0.2) is 5.96 Å². The van der Waals surface area contributed by atoms with Crippen LogP contribution in [-0.2, 0) is 12.0 Å². The van der Waals surface area contributed by atoms with Crippen LogP contribution in [0.3, 0.4) is 0 Å². The second-order valence-electron chi connectivity index (χ2n) is 6.25. The minimum atomic E-state index is -1.09. The summed E-state index contributed by atoms with van der Waals surface area (Å²) in [6, 6.07) is 12.9. The Morgan fingerprint density at radius 1 is 1.12 bits per heavy atom. The van der Waals surface area contributed by atoms with Crippen molar-refractivity contribution in [2.45, 2.75) is 25.9 Å². The molecule has 3 N–H and O–H groups in total. The maximum Gasteiger partial charge on any atom is 0.191 e. The lowest BCUT2D eigenvalue weighted by atomic mass is 9.96. The van der Waals surface area contributed by atoms with Crippen molar-refractivity contribution in [3.05, 3.63) is 71.3 Å². The monoisotopic (exact) mass is 361 g/mol. The van der Waals surface area contributed by atoms with Gasteiger partial charge in [0.25, 0.3) is 0 Å².